The standard InChI is InChI=1S/C28H27N5O2/c1-32(2)23-15-13-20(14-16-23)17-25(30-27(34)21-9-5-4-6-10-21)28(35)31-29-18-22-19-33(3)26-12-8-7-11-24(22)26/h4-19H,1-3H3,(H,30,34)(H,31,35)/b25-17-,29-18-. The number of carbonyl (C=O) groups excluding carboxylic acids is 2. The Bertz CT molecular complexity index is 1400. The first kappa shape index (κ1) is 23.5. The Labute approximate surface area is 204 Å². The summed E-state index contributed by atoms with van der Waals surface area (Å²) in [7, 11) is 5.87. The van der Waals surface area contributed by atoms with E-state index in [9.17, 15) is 9.59 Å². The van der Waals surface area contributed by atoms with E-state index < -0.39 is 5.91 Å². The topological polar surface area (TPSA) is 78.7 Å². The highest BCUT2D eigenvalue weighted by atomic mass is 16.2. The maximum absolute atomic E-state index is 13.0. The number of nitrogens with one attached hydrogen (secondary N) is 2. The van der Waals surface area contributed by atoms with Gasteiger partial charge in [-0.2, -0.15) is 5.10 Å². The summed E-state index contributed by atoms with van der Waals surface area (Å²) in [4.78, 5) is 27.8. The van der Waals surface area contributed by atoms with Crippen LogP contribution in [0, 0.1) is 0 Å². The number of para-hydroxylation sites is 1. The van der Waals surface area contributed by atoms with Crippen molar-refractivity contribution in [2.45, 2.75) is 0 Å². The minimum absolute atomic E-state index is 0.0894. The van der Waals surface area contributed by atoms with Gasteiger partial charge in [0.15, 0.2) is 0 Å². The van der Waals surface area contributed by atoms with Gasteiger partial charge >= 0.3 is 0 Å². The van der Waals surface area contributed by atoms with Gasteiger partial charge in [-0.3, -0.25) is 9.59 Å². The molecule has 4 aromatic rings. The lowest BCUT2D eigenvalue weighted by Crippen LogP contribution is -2.32. The molecule has 0 atom stereocenters. The summed E-state index contributed by atoms with van der Waals surface area (Å²) in [6.45, 7) is 0. The van der Waals surface area contributed by atoms with Crippen LogP contribution in [0.2, 0.25) is 0 Å². The van der Waals surface area contributed by atoms with Gasteiger partial charge in [-0.15, -0.1) is 0 Å². The summed E-state index contributed by atoms with van der Waals surface area (Å²) in [5.74, 6) is -0.905. The van der Waals surface area contributed by atoms with Crippen molar-refractivity contribution in [2.24, 2.45) is 12.1 Å². The second-order valence-corrected chi connectivity index (χ2v) is 8.28. The third-order valence-corrected chi connectivity index (χ3v) is 5.55. The summed E-state index contributed by atoms with van der Waals surface area (Å²) in [5.41, 5.74) is 6.83. The van der Waals surface area contributed by atoms with E-state index in [1.807, 2.05) is 91.4 Å². The van der Waals surface area contributed by atoms with E-state index in [4.69, 9.17) is 0 Å². The normalized spacial score (nSPS) is 11.6. The molecule has 7 nitrogen and oxygen atoms in total. The van der Waals surface area contributed by atoms with Crippen molar-refractivity contribution in [1.82, 2.24) is 15.3 Å². The van der Waals surface area contributed by atoms with E-state index in [-0.39, 0.29) is 11.6 Å². The Morgan fingerprint density at radius 2 is 1.60 bits per heavy atom. The maximum atomic E-state index is 13.0. The number of anilines is 1. The molecular weight excluding hydrogens is 438 g/mol. The number of aryl methyl sites for hydroxylation is 1. The molecule has 3 aromatic carbocycles. The van der Waals surface area contributed by atoms with Gasteiger partial charge in [-0.05, 0) is 42.0 Å². The summed E-state index contributed by atoms with van der Waals surface area (Å²) in [5, 5.41) is 7.90. The largest absolute Gasteiger partial charge is 0.378 e. The SMILES string of the molecule is CN(C)c1ccc(/C=C(\NC(=O)c2ccccc2)C(=O)N/N=C\c2cn(C)c3ccccc23)cc1. The highest BCUT2D eigenvalue weighted by molar-refractivity contribution is 6.06. The zero-order valence-electron chi connectivity index (χ0n) is 19.9. The molecule has 0 unspecified atom stereocenters. The number of nitrogens with zero attached hydrogens (tertiary/aromatic N) is 3. The monoisotopic (exact) mass is 465 g/mol. The van der Waals surface area contributed by atoms with Crippen LogP contribution in [0.3, 0.4) is 0 Å². The number of fused-ring (bicyclic) bond motifs is 1. The Morgan fingerprint density at radius 1 is 0.914 bits per heavy atom. The molecule has 0 aliphatic heterocycles. The quantitative estimate of drug-likeness (QED) is 0.244. The molecule has 0 spiro atoms. The lowest BCUT2D eigenvalue weighted by atomic mass is 10.1. The molecule has 4 rings (SSSR count). The highest BCUT2D eigenvalue weighted by Gasteiger charge is 2.14. The average molecular weight is 466 g/mol. The molecule has 35 heavy (non-hydrogen) atoms. The summed E-state index contributed by atoms with van der Waals surface area (Å²) < 4.78 is 2.00. The molecule has 176 valence electrons. The van der Waals surface area contributed by atoms with Crippen molar-refractivity contribution in [1.29, 1.82) is 0 Å². The van der Waals surface area contributed by atoms with E-state index in [0.29, 0.717) is 5.56 Å². The van der Waals surface area contributed by atoms with Crippen LogP contribution in [-0.2, 0) is 11.8 Å². The molecule has 0 saturated heterocycles. The van der Waals surface area contributed by atoms with Crippen molar-refractivity contribution in [3.05, 3.63) is 107 Å². The van der Waals surface area contributed by atoms with E-state index in [1.54, 1.807) is 36.6 Å². The van der Waals surface area contributed by atoms with Crippen LogP contribution in [0.4, 0.5) is 5.69 Å². The lowest BCUT2D eigenvalue weighted by Gasteiger charge is -2.12. The Hall–Kier alpha value is -4.65. The third-order valence-electron chi connectivity index (χ3n) is 5.55. The fourth-order valence-corrected chi connectivity index (χ4v) is 3.67. The van der Waals surface area contributed by atoms with E-state index >= 15 is 0 Å². The number of amides is 2. The summed E-state index contributed by atoms with van der Waals surface area (Å²) >= 11 is 0. The lowest BCUT2D eigenvalue weighted by molar-refractivity contribution is -0.117. The zero-order chi connectivity index (χ0) is 24.8. The van der Waals surface area contributed by atoms with Gasteiger partial charge in [0.25, 0.3) is 11.8 Å². The molecule has 0 aliphatic carbocycles. The van der Waals surface area contributed by atoms with Crippen LogP contribution in [-0.4, -0.2) is 36.7 Å². The first-order valence-corrected chi connectivity index (χ1v) is 11.2. The number of aromatic nitrogens is 1. The molecule has 0 bridgehead atoms. The van der Waals surface area contributed by atoms with Crippen LogP contribution in [0.25, 0.3) is 17.0 Å². The first-order chi connectivity index (χ1) is 16.9. The molecule has 2 amide bonds. The maximum Gasteiger partial charge on any atom is 0.287 e. The second kappa shape index (κ2) is 10.5. The molecule has 7 heteroatoms. The number of hydrogen-bond donors (Lipinski definition) is 2. The van der Waals surface area contributed by atoms with Crippen LogP contribution in [0.1, 0.15) is 21.5 Å². The molecule has 2 N–H and O–H groups in total. The Morgan fingerprint density at radius 3 is 2.31 bits per heavy atom. The van der Waals surface area contributed by atoms with E-state index in [2.05, 4.69) is 15.8 Å². The number of carbonyl (C=O) groups is 2. The van der Waals surface area contributed by atoms with E-state index in [1.165, 1.54) is 0 Å². The molecule has 1 aromatic heterocycles. The fraction of sp³-hybridized carbons (Fsp3) is 0.107. The van der Waals surface area contributed by atoms with Gasteiger partial charge in [0.1, 0.15) is 5.70 Å². The minimum Gasteiger partial charge on any atom is -0.378 e. The smallest absolute Gasteiger partial charge is 0.287 e. The van der Waals surface area contributed by atoms with Crippen molar-refractivity contribution in [2.75, 3.05) is 19.0 Å². The Kier molecular flexibility index (Phi) is 7.07. The van der Waals surface area contributed by atoms with Gasteiger partial charge in [-0.1, -0.05) is 48.5 Å². The van der Waals surface area contributed by atoms with Crippen LogP contribution in [0.15, 0.2) is 95.9 Å². The molecule has 0 radical (unpaired) electrons. The number of rotatable bonds is 7. The molecular formula is C28H27N5O2. The molecule has 1 heterocycles. The Balaban J connectivity index is 1.57. The second-order valence-electron chi connectivity index (χ2n) is 8.28. The number of hydrogen-bond acceptors (Lipinski definition) is 4. The fourth-order valence-electron chi connectivity index (χ4n) is 3.67. The van der Waals surface area contributed by atoms with Gasteiger partial charge in [0.2, 0.25) is 0 Å². The van der Waals surface area contributed by atoms with Crippen molar-refractivity contribution in [3.63, 3.8) is 0 Å². The van der Waals surface area contributed by atoms with Gasteiger partial charge < -0.3 is 14.8 Å². The molecule has 0 fully saturated rings. The van der Waals surface area contributed by atoms with Gasteiger partial charge in [0, 0.05) is 55.1 Å². The molecule has 0 aliphatic rings. The zero-order valence-corrected chi connectivity index (χ0v) is 19.9. The summed E-state index contributed by atoms with van der Waals surface area (Å²) in [6.07, 6.45) is 5.17. The van der Waals surface area contributed by atoms with Crippen molar-refractivity contribution >= 4 is 40.7 Å². The highest BCUT2D eigenvalue weighted by Crippen LogP contribution is 2.18. The van der Waals surface area contributed by atoms with Crippen LogP contribution >= 0.6 is 0 Å². The van der Waals surface area contributed by atoms with Gasteiger partial charge in [0.05, 0.1) is 6.21 Å². The minimum atomic E-state index is -0.526. The van der Waals surface area contributed by atoms with Gasteiger partial charge in [-0.25, -0.2) is 5.43 Å². The van der Waals surface area contributed by atoms with E-state index in [0.717, 1.165) is 27.7 Å². The first-order valence-electron chi connectivity index (χ1n) is 11.2. The average Bonchev–Trinajstić information content (AvgIpc) is 3.20. The van der Waals surface area contributed by atoms with Crippen LogP contribution < -0.4 is 15.6 Å². The molecule has 0 saturated carbocycles. The van der Waals surface area contributed by atoms with Crippen molar-refractivity contribution in [3.8, 4) is 0 Å². The summed E-state index contributed by atoms with van der Waals surface area (Å²) in [6, 6.07) is 24.4. The third kappa shape index (κ3) is 5.65. The number of hydrazone groups is 1. The number of benzene rings is 3. The predicted molar refractivity (Wildman–Crippen MR) is 141 cm³/mol. The van der Waals surface area contributed by atoms with Crippen molar-refractivity contribution < 1.29 is 9.59 Å². The van der Waals surface area contributed by atoms with Crippen LogP contribution in [0.5, 0.6) is 0 Å². The predicted octanol–water partition coefficient (Wildman–Crippen LogP) is 4.17.